The summed E-state index contributed by atoms with van der Waals surface area (Å²) in [5.41, 5.74) is 1.06. The number of esters is 1. The zero-order chi connectivity index (χ0) is 19.9. The van der Waals surface area contributed by atoms with Crippen LogP contribution in [0.15, 0.2) is 54.6 Å². The highest BCUT2D eigenvalue weighted by Crippen LogP contribution is 2.23. The van der Waals surface area contributed by atoms with Gasteiger partial charge in [-0.2, -0.15) is 0 Å². The fraction of sp³-hybridized carbons (Fsp3) is 0.286. The monoisotopic (exact) mass is 400 g/mol. The maximum absolute atomic E-state index is 12.5. The van der Waals surface area contributed by atoms with Gasteiger partial charge in [0.2, 0.25) is 6.10 Å². The summed E-state index contributed by atoms with van der Waals surface area (Å²) in [4.78, 5) is 36.7. The standard InChI is InChI=1S/C21H21ClN2O4/c22-16-8-6-15(7-9-16)20(26)23-13-12-18(25)28-19(14-4-2-1-3-5-14)21(27)24-17-10-11-17/h1-9,17,19H,10-13H2,(H,23,26)(H,24,27)/t19-/m1/s1. The second kappa shape index (κ2) is 9.37. The van der Waals surface area contributed by atoms with Crippen LogP contribution in [0, 0.1) is 0 Å². The predicted molar refractivity (Wildman–Crippen MR) is 105 cm³/mol. The van der Waals surface area contributed by atoms with E-state index >= 15 is 0 Å². The fourth-order valence-corrected chi connectivity index (χ4v) is 2.70. The lowest BCUT2D eigenvalue weighted by molar-refractivity contribution is -0.156. The lowest BCUT2D eigenvalue weighted by Gasteiger charge is -2.18. The van der Waals surface area contributed by atoms with Crippen molar-refractivity contribution < 1.29 is 19.1 Å². The summed E-state index contributed by atoms with van der Waals surface area (Å²) in [5, 5.41) is 6.05. The Labute approximate surface area is 168 Å². The van der Waals surface area contributed by atoms with Crippen LogP contribution < -0.4 is 10.6 Å². The molecular formula is C21H21ClN2O4. The number of amides is 2. The minimum Gasteiger partial charge on any atom is -0.447 e. The predicted octanol–water partition coefficient (Wildman–Crippen LogP) is 3.02. The summed E-state index contributed by atoms with van der Waals surface area (Å²) in [6.45, 7) is 0.103. The van der Waals surface area contributed by atoms with Gasteiger partial charge in [0.25, 0.3) is 11.8 Å². The molecule has 2 amide bonds. The summed E-state index contributed by atoms with van der Waals surface area (Å²) >= 11 is 5.80. The van der Waals surface area contributed by atoms with Gasteiger partial charge >= 0.3 is 5.97 Å². The minimum atomic E-state index is -0.999. The third kappa shape index (κ3) is 5.82. The number of carbonyl (C=O) groups excluding carboxylic acids is 3. The number of benzene rings is 2. The topological polar surface area (TPSA) is 84.5 Å². The van der Waals surface area contributed by atoms with Gasteiger partial charge in [-0.3, -0.25) is 14.4 Å². The third-order valence-electron chi connectivity index (χ3n) is 4.23. The quantitative estimate of drug-likeness (QED) is 0.667. The molecule has 28 heavy (non-hydrogen) atoms. The molecule has 6 nitrogen and oxygen atoms in total. The zero-order valence-corrected chi connectivity index (χ0v) is 15.9. The van der Waals surface area contributed by atoms with E-state index in [4.69, 9.17) is 16.3 Å². The van der Waals surface area contributed by atoms with Crippen LogP contribution in [0.25, 0.3) is 0 Å². The number of ether oxygens (including phenoxy) is 1. The Morgan fingerprint density at radius 1 is 1.04 bits per heavy atom. The average molecular weight is 401 g/mol. The lowest BCUT2D eigenvalue weighted by atomic mass is 10.1. The number of hydrogen-bond acceptors (Lipinski definition) is 4. The van der Waals surface area contributed by atoms with E-state index in [-0.39, 0.29) is 30.8 Å². The molecule has 1 atom stereocenters. The van der Waals surface area contributed by atoms with Gasteiger partial charge in [-0.25, -0.2) is 0 Å². The molecule has 0 heterocycles. The van der Waals surface area contributed by atoms with Gasteiger partial charge in [0.15, 0.2) is 0 Å². The van der Waals surface area contributed by atoms with Gasteiger partial charge in [-0.05, 0) is 37.1 Å². The van der Waals surface area contributed by atoms with E-state index in [2.05, 4.69) is 10.6 Å². The second-order valence-electron chi connectivity index (χ2n) is 6.58. The minimum absolute atomic E-state index is 0.0423. The second-order valence-corrected chi connectivity index (χ2v) is 7.01. The number of carbonyl (C=O) groups is 3. The van der Waals surface area contributed by atoms with Crippen molar-refractivity contribution in [3.8, 4) is 0 Å². The molecule has 1 fully saturated rings. The Balaban J connectivity index is 1.52. The molecule has 7 heteroatoms. The first-order valence-electron chi connectivity index (χ1n) is 9.11. The van der Waals surface area contributed by atoms with Crippen LogP contribution in [0.5, 0.6) is 0 Å². The Bertz CT molecular complexity index is 835. The maximum atomic E-state index is 12.5. The van der Waals surface area contributed by atoms with Crippen LogP contribution in [0.3, 0.4) is 0 Å². The Morgan fingerprint density at radius 3 is 2.36 bits per heavy atom. The van der Waals surface area contributed by atoms with Crippen molar-refractivity contribution in [2.75, 3.05) is 6.54 Å². The van der Waals surface area contributed by atoms with Crippen LogP contribution >= 0.6 is 11.6 Å². The van der Waals surface area contributed by atoms with E-state index in [0.717, 1.165) is 12.8 Å². The summed E-state index contributed by atoms with van der Waals surface area (Å²) in [6, 6.07) is 15.5. The number of rotatable bonds is 8. The molecule has 2 N–H and O–H groups in total. The van der Waals surface area contributed by atoms with Crippen LogP contribution in [0.2, 0.25) is 5.02 Å². The first-order chi connectivity index (χ1) is 13.5. The third-order valence-corrected chi connectivity index (χ3v) is 4.49. The van der Waals surface area contributed by atoms with Gasteiger partial charge < -0.3 is 15.4 Å². The van der Waals surface area contributed by atoms with E-state index in [0.29, 0.717) is 16.1 Å². The molecular weight excluding hydrogens is 380 g/mol. The molecule has 146 valence electrons. The van der Waals surface area contributed by atoms with E-state index < -0.39 is 12.1 Å². The number of nitrogens with one attached hydrogen (secondary N) is 2. The molecule has 1 saturated carbocycles. The van der Waals surface area contributed by atoms with Gasteiger partial charge in [-0.15, -0.1) is 0 Å². The molecule has 0 aromatic heterocycles. The molecule has 1 aliphatic carbocycles. The Hall–Kier alpha value is -2.86. The summed E-state index contributed by atoms with van der Waals surface area (Å²) < 4.78 is 5.41. The van der Waals surface area contributed by atoms with Crippen LogP contribution in [0.1, 0.15) is 41.3 Å². The normalized spacial score (nSPS) is 14.0. The molecule has 3 rings (SSSR count). The molecule has 2 aromatic carbocycles. The van der Waals surface area contributed by atoms with Crippen LogP contribution in [-0.4, -0.2) is 30.4 Å². The van der Waals surface area contributed by atoms with Gasteiger partial charge in [0.05, 0.1) is 6.42 Å². The summed E-state index contributed by atoms with van der Waals surface area (Å²) in [6.07, 6.45) is 0.844. The molecule has 2 aromatic rings. The van der Waals surface area contributed by atoms with Crippen molar-refractivity contribution in [1.82, 2.24) is 10.6 Å². The Morgan fingerprint density at radius 2 is 1.71 bits per heavy atom. The first-order valence-corrected chi connectivity index (χ1v) is 9.49. The molecule has 0 bridgehead atoms. The van der Waals surface area contributed by atoms with Crippen LogP contribution in [0.4, 0.5) is 0 Å². The largest absolute Gasteiger partial charge is 0.447 e. The van der Waals surface area contributed by atoms with Gasteiger partial charge in [-0.1, -0.05) is 41.9 Å². The van der Waals surface area contributed by atoms with E-state index in [1.54, 1.807) is 48.5 Å². The maximum Gasteiger partial charge on any atom is 0.308 e. The summed E-state index contributed by atoms with van der Waals surface area (Å²) in [7, 11) is 0. The van der Waals surface area contributed by atoms with Crippen molar-refractivity contribution in [2.45, 2.75) is 31.4 Å². The van der Waals surface area contributed by atoms with Crippen molar-refractivity contribution >= 4 is 29.4 Å². The lowest BCUT2D eigenvalue weighted by Crippen LogP contribution is -2.34. The molecule has 0 spiro atoms. The van der Waals surface area contributed by atoms with Crippen molar-refractivity contribution in [3.63, 3.8) is 0 Å². The van der Waals surface area contributed by atoms with Gasteiger partial charge in [0, 0.05) is 28.7 Å². The van der Waals surface area contributed by atoms with Gasteiger partial charge in [0.1, 0.15) is 0 Å². The van der Waals surface area contributed by atoms with E-state index in [1.807, 2.05) is 6.07 Å². The van der Waals surface area contributed by atoms with Crippen molar-refractivity contribution in [1.29, 1.82) is 0 Å². The van der Waals surface area contributed by atoms with E-state index in [1.165, 1.54) is 0 Å². The average Bonchev–Trinajstić information content (AvgIpc) is 3.51. The smallest absolute Gasteiger partial charge is 0.308 e. The molecule has 0 radical (unpaired) electrons. The summed E-state index contributed by atoms with van der Waals surface area (Å²) in [5.74, 6) is -1.20. The fourth-order valence-electron chi connectivity index (χ4n) is 2.58. The Kier molecular flexibility index (Phi) is 6.66. The van der Waals surface area contributed by atoms with Crippen LogP contribution in [-0.2, 0) is 14.3 Å². The highest BCUT2D eigenvalue weighted by Gasteiger charge is 2.30. The van der Waals surface area contributed by atoms with E-state index in [9.17, 15) is 14.4 Å². The molecule has 0 aliphatic heterocycles. The number of hydrogen-bond donors (Lipinski definition) is 2. The molecule has 0 saturated heterocycles. The van der Waals surface area contributed by atoms with Crippen molar-refractivity contribution in [2.24, 2.45) is 0 Å². The number of halogens is 1. The zero-order valence-electron chi connectivity index (χ0n) is 15.2. The SMILES string of the molecule is O=C(CCNC(=O)c1ccc(Cl)cc1)O[C@@H](C(=O)NC1CC1)c1ccccc1. The molecule has 0 unspecified atom stereocenters. The highest BCUT2D eigenvalue weighted by molar-refractivity contribution is 6.30. The highest BCUT2D eigenvalue weighted by atomic mass is 35.5. The molecule has 1 aliphatic rings. The van der Waals surface area contributed by atoms with Crippen molar-refractivity contribution in [3.05, 3.63) is 70.7 Å². The first kappa shape index (κ1) is 19.9.